The van der Waals surface area contributed by atoms with Gasteiger partial charge in [-0.05, 0) is 42.6 Å². The maximum Gasteiger partial charge on any atom is 0.305 e. The van der Waals surface area contributed by atoms with Crippen molar-refractivity contribution in [1.82, 2.24) is 4.90 Å². The third-order valence-corrected chi connectivity index (χ3v) is 10.6. The fourth-order valence-corrected chi connectivity index (χ4v) is 4.57. The zero-order valence-corrected chi connectivity index (χ0v) is 19.8. The van der Waals surface area contributed by atoms with E-state index in [9.17, 15) is 9.59 Å². The molecule has 1 heterocycles. The van der Waals surface area contributed by atoms with Crippen molar-refractivity contribution in [3.63, 3.8) is 0 Å². The number of hydrogen-bond acceptors (Lipinski definition) is 4. The highest BCUT2D eigenvalue weighted by Crippen LogP contribution is 2.40. The second kappa shape index (κ2) is 9.26. The third-order valence-electron chi connectivity index (χ3n) is 6.16. The van der Waals surface area contributed by atoms with Gasteiger partial charge in [0.1, 0.15) is 0 Å². The number of ether oxygens (including phenoxy) is 1. The first-order valence-corrected chi connectivity index (χ1v) is 13.2. The van der Waals surface area contributed by atoms with Crippen LogP contribution < -0.4 is 0 Å². The van der Waals surface area contributed by atoms with Crippen LogP contribution in [-0.4, -0.2) is 44.3 Å². The molecule has 2 rings (SSSR count). The van der Waals surface area contributed by atoms with Crippen LogP contribution in [0.15, 0.2) is 42.0 Å². The Morgan fingerprint density at radius 3 is 2.34 bits per heavy atom. The van der Waals surface area contributed by atoms with Gasteiger partial charge in [-0.3, -0.25) is 9.59 Å². The molecule has 1 aromatic rings. The van der Waals surface area contributed by atoms with Crippen molar-refractivity contribution in [3.05, 3.63) is 47.5 Å². The predicted molar refractivity (Wildman–Crippen MR) is 118 cm³/mol. The molecule has 0 fully saturated rings. The summed E-state index contributed by atoms with van der Waals surface area (Å²) in [5, 5.41) is 0.0475. The van der Waals surface area contributed by atoms with Gasteiger partial charge in [-0.1, -0.05) is 51.1 Å². The van der Waals surface area contributed by atoms with Crippen LogP contribution in [0.25, 0.3) is 0 Å². The van der Waals surface area contributed by atoms with Gasteiger partial charge in [0.2, 0.25) is 5.91 Å². The first-order chi connectivity index (χ1) is 13.5. The molecule has 0 saturated heterocycles. The topological polar surface area (TPSA) is 55.8 Å². The average molecular weight is 418 g/mol. The normalized spacial score (nSPS) is 20.4. The summed E-state index contributed by atoms with van der Waals surface area (Å²) < 4.78 is 11.6. The summed E-state index contributed by atoms with van der Waals surface area (Å²) in [5.74, 6) is -0.305. The number of rotatable bonds is 7. The van der Waals surface area contributed by atoms with Crippen LogP contribution in [0.4, 0.5) is 0 Å². The predicted octanol–water partition coefficient (Wildman–Crippen LogP) is 4.69. The lowest BCUT2D eigenvalue weighted by molar-refractivity contribution is -0.141. The summed E-state index contributed by atoms with van der Waals surface area (Å²) in [4.78, 5) is 26.5. The third kappa shape index (κ3) is 5.79. The minimum atomic E-state index is -2.08. The highest BCUT2D eigenvalue weighted by molar-refractivity contribution is 6.74. The molecule has 5 nitrogen and oxygen atoms in total. The summed E-state index contributed by atoms with van der Waals surface area (Å²) >= 11 is 0. The van der Waals surface area contributed by atoms with Crippen LogP contribution in [-0.2, 0) is 25.3 Å². The minimum absolute atomic E-state index is 0.0312. The van der Waals surface area contributed by atoms with Gasteiger partial charge in [-0.25, -0.2) is 0 Å². The average Bonchev–Trinajstić information content (AvgIpc) is 2.65. The first kappa shape index (κ1) is 23.4. The highest BCUT2D eigenvalue weighted by atomic mass is 28.4. The van der Waals surface area contributed by atoms with E-state index < -0.39 is 8.32 Å². The summed E-state index contributed by atoms with van der Waals surface area (Å²) in [5.41, 5.74) is 1.98. The second-order valence-corrected chi connectivity index (χ2v) is 14.0. The van der Waals surface area contributed by atoms with Gasteiger partial charge in [-0.2, -0.15) is 0 Å². The maximum atomic E-state index is 12.9. The Balaban J connectivity index is 2.33. The molecule has 0 radical (unpaired) electrons. The van der Waals surface area contributed by atoms with Gasteiger partial charge >= 0.3 is 5.97 Å². The van der Waals surface area contributed by atoms with Crippen molar-refractivity contribution < 1.29 is 18.8 Å². The van der Waals surface area contributed by atoms with E-state index in [1.807, 2.05) is 42.2 Å². The lowest BCUT2D eigenvalue weighted by atomic mass is 9.93. The Labute approximate surface area is 176 Å². The lowest BCUT2D eigenvalue weighted by Gasteiger charge is -2.46. The van der Waals surface area contributed by atoms with Crippen molar-refractivity contribution in [1.29, 1.82) is 0 Å². The van der Waals surface area contributed by atoms with Crippen LogP contribution in [0.1, 0.15) is 46.1 Å². The largest absolute Gasteiger partial charge is 0.469 e. The first-order valence-electron chi connectivity index (χ1n) is 10.3. The Morgan fingerprint density at radius 1 is 1.17 bits per heavy atom. The van der Waals surface area contributed by atoms with E-state index in [0.29, 0.717) is 13.0 Å². The number of amides is 1. The lowest BCUT2D eigenvalue weighted by Crippen LogP contribution is -2.54. The van der Waals surface area contributed by atoms with E-state index in [2.05, 4.69) is 33.9 Å². The van der Waals surface area contributed by atoms with Gasteiger partial charge in [0.05, 0.1) is 19.3 Å². The number of carbonyl (C=O) groups is 2. The number of esters is 1. The summed E-state index contributed by atoms with van der Waals surface area (Å²) in [6, 6.07) is 9.87. The van der Waals surface area contributed by atoms with E-state index >= 15 is 0 Å². The zero-order chi connectivity index (χ0) is 21.8. The molecule has 0 spiro atoms. The fraction of sp³-hybridized carbons (Fsp3) is 0.565. The Bertz CT molecular complexity index is 752. The molecule has 6 heteroatoms. The molecule has 0 N–H and O–H groups in total. The molecule has 29 heavy (non-hydrogen) atoms. The molecule has 0 aromatic heterocycles. The van der Waals surface area contributed by atoms with E-state index in [1.165, 1.54) is 7.11 Å². The van der Waals surface area contributed by atoms with Gasteiger partial charge in [0.15, 0.2) is 8.32 Å². The van der Waals surface area contributed by atoms with Crippen LogP contribution in [0, 0.1) is 0 Å². The highest BCUT2D eigenvalue weighted by Gasteiger charge is 2.44. The Kier molecular flexibility index (Phi) is 7.46. The van der Waals surface area contributed by atoms with Gasteiger partial charge < -0.3 is 14.1 Å². The molecule has 1 aliphatic heterocycles. The van der Waals surface area contributed by atoms with Crippen molar-refractivity contribution in [2.75, 3.05) is 7.11 Å². The van der Waals surface area contributed by atoms with Crippen molar-refractivity contribution in [2.45, 2.75) is 77.4 Å². The number of benzene rings is 1. The van der Waals surface area contributed by atoms with E-state index in [0.717, 1.165) is 11.1 Å². The van der Waals surface area contributed by atoms with Crippen molar-refractivity contribution in [2.24, 2.45) is 0 Å². The van der Waals surface area contributed by atoms with Crippen molar-refractivity contribution in [3.8, 4) is 0 Å². The van der Waals surface area contributed by atoms with E-state index in [1.54, 1.807) is 6.08 Å². The molecule has 0 aliphatic carbocycles. The second-order valence-electron chi connectivity index (χ2n) is 9.29. The number of carbonyl (C=O) groups excluding carboxylic acids is 2. The quantitative estimate of drug-likeness (QED) is 0.477. The molecule has 1 amide bonds. The van der Waals surface area contributed by atoms with Gasteiger partial charge in [0, 0.05) is 19.0 Å². The van der Waals surface area contributed by atoms with Crippen LogP contribution in [0.2, 0.25) is 18.1 Å². The molecule has 0 unspecified atom stereocenters. The molecule has 0 bridgehead atoms. The summed E-state index contributed by atoms with van der Waals surface area (Å²) in [6.07, 6.45) is 2.17. The Morgan fingerprint density at radius 2 is 1.79 bits per heavy atom. The van der Waals surface area contributed by atoms with E-state index in [4.69, 9.17) is 9.16 Å². The van der Waals surface area contributed by atoms with Gasteiger partial charge in [-0.15, -0.1) is 0 Å². The smallest absolute Gasteiger partial charge is 0.305 e. The molecule has 1 aromatic carbocycles. The fourth-order valence-electron chi connectivity index (χ4n) is 3.23. The van der Waals surface area contributed by atoms with Crippen molar-refractivity contribution >= 4 is 20.2 Å². The molecular weight excluding hydrogens is 382 g/mol. The zero-order valence-electron chi connectivity index (χ0n) is 18.8. The monoisotopic (exact) mass is 417 g/mol. The number of nitrogens with zero attached hydrogens (tertiary/aromatic N) is 1. The van der Waals surface area contributed by atoms with Crippen LogP contribution >= 0.6 is 0 Å². The summed E-state index contributed by atoms with van der Waals surface area (Å²) in [7, 11) is -0.694. The maximum absolute atomic E-state index is 12.9. The molecule has 1 aliphatic rings. The Hall–Kier alpha value is -1.92. The van der Waals surface area contributed by atoms with Crippen LogP contribution in [0.5, 0.6) is 0 Å². The SMILES string of the molecule is COC(=O)CCC1=CC(=O)N(Cc2ccccc2)[C@@H](C)[C@@H]1O[Si](C)(C)C(C)(C)C. The van der Waals surface area contributed by atoms with Gasteiger partial charge in [0.25, 0.3) is 0 Å². The van der Waals surface area contributed by atoms with Crippen LogP contribution in [0.3, 0.4) is 0 Å². The standard InChI is InChI=1S/C23H35NO4Si/c1-17-22(28-29(6,7)23(2,3)4)19(13-14-21(26)27-5)15-20(25)24(17)16-18-11-9-8-10-12-18/h8-12,15,17,22H,13-14,16H2,1-7H3/t17-,22-/m0/s1. The van der Waals surface area contributed by atoms with E-state index in [-0.39, 0.29) is 35.5 Å². The molecule has 0 saturated carbocycles. The number of methoxy groups -OCH3 is 1. The minimum Gasteiger partial charge on any atom is -0.469 e. The molecule has 160 valence electrons. The molecular formula is C23H35NO4Si. The summed E-state index contributed by atoms with van der Waals surface area (Å²) in [6.45, 7) is 13.6. The number of hydrogen-bond donors (Lipinski definition) is 0. The molecule has 2 atom stereocenters.